The third-order valence-electron chi connectivity index (χ3n) is 5.78. The van der Waals surface area contributed by atoms with Crippen LogP contribution in [0.3, 0.4) is 0 Å². The maximum Gasteiger partial charge on any atom is 0.253 e. The summed E-state index contributed by atoms with van der Waals surface area (Å²) >= 11 is 0. The average molecular weight is 466 g/mol. The van der Waals surface area contributed by atoms with E-state index in [0.29, 0.717) is 38.3 Å². The van der Waals surface area contributed by atoms with Gasteiger partial charge in [0.25, 0.3) is 11.8 Å². The van der Waals surface area contributed by atoms with E-state index in [9.17, 15) is 14.4 Å². The smallest absolute Gasteiger partial charge is 0.253 e. The molecule has 7 heteroatoms. The predicted octanol–water partition coefficient (Wildman–Crippen LogP) is 2.39. The molecule has 1 aliphatic rings. The van der Waals surface area contributed by atoms with Gasteiger partial charge >= 0.3 is 0 Å². The summed E-state index contributed by atoms with van der Waals surface area (Å²) in [6.07, 6.45) is 1.01. The van der Waals surface area contributed by atoms with Gasteiger partial charge in [-0.25, -0.2) is 0 Å². The van der Waals surface area contributed by atoms with Gasteiger partial charge in [0.15, 0.2) is 12.2 Å². The van der Waals surface area contributed by atoms with E-state index in [-0.39, 0.29) is 11.8 Å². The largest absolute Gasteiger partial charge is 0.354 e. The SMILES string of the molecule is CC(C)CCNC(=O)[C@@H](CCc1ccccc1)NC(=O)[C@H]1O[C@@H]1C(=O)NCCc1ccccc1. The van der Waals surface area contributed by atoms with E-state index >= 15 is 0 Å². The predicted molar refractivity (Wildman–Crippen MR) is 131 cm³/mol. The maximum atomic E-state index is 12.8. The second-order valence-corrected chi connectivity index (χ2v) is 9.06. The molecule has 0 bridgehead atoms. The summed E-state index contributed by atoms with van der Waals surface area (Å²) in [6.45, 7) is 5.21. The minimum absolute atomic E-state index is 0.213. The van der Waals surface area contributed by atoms with Gasteiger partial charge < -0.3 is 20.7 Å². The highest BCUT2D eigenvalue weighted by molar-refractivity contribution is 5.97. The molecule has 34 heavy (non-hydrogen) atoms. The summed E-state index contributed by atoms with van der Waals surface area (Å²) in [7, 11) is 0. The molecule has 1 heterocycles. The van der Waals surface area contributed by atoms with E-state index in [2.05, 4.69) is 29.8 Å². The lowest BCUT2D eigenvalue weighted by atomic mass is 10.0. The van der Waals surface area contributed by atoms with Crippen LogP contribution in [0.5, 0.6) is 0 Å². The highest BCUT2D eigenvalue weighted by Crippen LogP contribution is 2.23. The Hall–Kier alpha value is -3.19. The first-order valence-corrected chi connectivity index (χ1v) is 12.0. The highest BCUT2D eigenvalue weighted by atomic mass is 16.6. The maximum absolute atomic E-state index is 12.8. The fourth-order valence-electron chi connectivity index (χ4n) is 3.67. The number of benzene rings is 2. The molecule has 0 aromatic heterocycles. The number of carbonyl (C=O) groups excluding carboxylic acids is 3. The zero-order valence-corrected chi connectivity index (χ0v) is 20.0. The molecule has 3 amide bonds. The molecule has 0 saturated carbocycles. The number of hydrogen-bond acceptors (Lipinski definition) is 4. The fourth-order valence-corrected chi connectivity index (χ4v) is 3.67. The van der Waals surface area contributed by atoms with Gasteiger partial charge in [-0.3, -0.25) is 14.4 Å². The number of aryl methyl sites for hydroxylation is 1. The Labute approximate surface area is 201 Å². The number of hydrogen-bond donors (Lipinski definition) is 3. The third kappa shape index (κ3) is 8.30. The zero-order chi connectivity index (χ0) is 24.3. The first kappa shape index (κ1) is 25.4. The standard InChI is InChI=1S/C27H35N3O4/c1-19(2)15-17-28-25(31)22(14-13-20-9-5-3-6-10-20)30-27(33)24-23(34-24)26(32)29-18-16-21-11-7-4-8-12-21/h3-12,19,22-24H,13-18H2,1-2H3,(H,28,31)(H,29,32)(H,30,33)/t22-,23+,24+/m1/s1. The van der Waals surface area contributed by atoms with Crippen LogP contribution in [0, 0.1) is 5.92 Å². The van der Waals surface area contributed by atoms with E-state index < -0.39 is 24.2 Å². The van der Waals surface area contributed by atoms with E-state index in [1.165, 1.54) is 0 Å². The van der Waals surface area contributed by atoms with Gasteiger partial charge in [0.2, 0.25) is 5.91 Å². The van der Waals surface area contributed by atoms with Crippen molar-refractivity contribution in [1.29, 1.82) is 0 Å². The van der Waals surface area contributed by atoms with Crippen molar-refractivity contribution in [3.05, 3.63) is 71.8 Å². The number of epoxide rings is 1. The Morgan fingerprint density at radius 2 is 1.35 bits per heavy atom. The topological polar surface area (TPSA) is 99.8 Å². The van der Waals surface area contributed by atoms with Gasteiger partial charge in [0.1, 0.15) is 6.04 Å². The van der Waals surface area contributed by atoms with Crippen molar-refractivity contribution in [1.82, 2.24) is 16.0 Å². The van der Waals surface area contributed by atoms with Gasteiger partial charge in [0.05, 0.1) is 0 Å². The molecule has 0 radical (unpaired) electrons. The monoisotopic (exact) mass is 465 g/mol. The minimum atomic E-state index is -0.862. The molecule has 0 unspecified atom stereocenters. The summed E-state index contributed by atoms with van der Waals surface area (Å²) in [5, 5.41) is 8.53. The zero-order valence-electron chi connectivity index (χ0n) is 20.0. The van der Waals surface area contributed by atoms with Crippen LogP contribution < -0.4 is 16.0 Å². The Morgan fingerprint density at radius 3 is 1.97 bits per heavy atom. The van der Waals surface area contributed by atoms with Crippen LogP contribution in [0.4, 0.5) is 0 Å². The number of carbonyl (C=O) groups is 3. The molecule has 3 atom stereocenters. The summed E-state index contributed by atoms with van der Waals surface area (Å²) in [5.74, 6) is -0.480. The third-order valence-corrected chi connectivity index (χ3v) is 5.78. The van der Waals surface area contributed by atoms with Crippen molar-refractivity contribution in [3.8, 4) is 0 Å². The second kappa shape index (κ2) is 12.9. The van der Waals surface area contributed by atoms with Crippen molar-refractivity contribution in [2.45, 2.75) is 57.8 Å². The van der Waals surface area contributed by atoms with Crippen LogP contribution in [0.15, 0.2) is 60.7 Å². The quantitative estimate of drug-likeness (QED) is 0.396. The van der Waals surface area contributed by atoms with Crippen LogP contribution in [0.25, 0.3) is 0 Å². The van der Waals surface area contributed by atoms with Crippen LogP contribution in [-0.2, 0) is 32.0 Å². The second-order valence-electron chi connectivity index (χ2n) is 9.06. The molecule has 1 aliphatic heterocycles. The first-order chi connectivity index (χ1) is 16.4. The Balaban J connectivity index is 1.48. The van der Waals surface area contributed by atoms with Crippen molar-refractivity contribution in [2.24, 2.45) is 5.92 Å². The molecule has 3 N–H and O–H groups in total. The number of nitrogens with one attached hydrogen (secondary N) is 3. The molecule has 0 aliphatic carbocycles. The molecule has 2 aromatic carbocycles. The Kier molecular flexibility index (Phi) is 9.64. The molecular weight excluding hydrogens is 430 g/mol. The molecular formula is C27H35N3O4. The van der Waals surface area contributed by atoms with Gasteiger partial charge in [-0.05, 0) is 42.7 Å². The van der Waals surface area contributed by atoms with E-state index in [1.807, 2.05) is 60.7 Å². The van der Waals surface area contributed by atoms with Crippen molar-refractivity contribution in [2.75, 3.05) is 13.1 Å². The van der Waals surface area contributed by atoms with Crippen molar-refractivity contribution < 1.29 is 19.1 Å². The summed E-state index contributed by atoms with van der Waals surface area (Å²) < 4.78 is 5.34. The lowest BCUT2D eigenvalue weighted by Gasteiger charge is -2.18. The van der Waals surface area contributed by atoms with Gasteiger partial charge in [-0.2, -0.15) is 0 Å². The van der Waals surface area contributed by atoms with Gasteiger partial charge in [-0.1, -0.05) is 74.5 Å². The van der Waals surface area contributed by atoms with E-state index in [0.717, 1.165) is 17.5 Å². The highest BCUT2D eigenvalue weighted by Gasteiger charge is 2.50. The normalized spacial score (nSPS) is 17.6. The average Bonchev–Trinajstić information content (AvgIpc) is 3.64. The van der Waals surface area contributed by atoms with Gasteiger partial charge in [-0.15, -0.1) is 0 Å². The molecule has 3 rings (SSSR count). The number of rotatable bonds is 13. The molecule has 0 spiro atoms. The van der Waals surface area contributed by atoms with Crippen molar-refractivity contribution >= 4 is 17.7 Å². The van der Waals surface area contributed by atoms with Crippen LogP contribution >= 0.6 is 0 Å². The fraction of sp³-hybridized carbons (Fsp3) is 0.444. The van der Waals surface area contributed by atoms with Gasteiger partial charge in [0, 0.05) is 13.1 Å². The molecule has 7 nitrogen and oxygen atoms in total. The summed E-state index contributed by atoms with van der Waals surface area (Å²) in [5.41, 5.74) is 2.22. The minimum Gasteiger partial charge on any atom is -0.354 e. The van der Waals surface area contributed by atoms with Crippen LogP contribution in [0.1, 0.15) is 37.8 Å². The molecule has 1 saturated heterocycles. The first-order valence-electron chi connectivity index (χ1n) is 12.0. The lowest BCUT2D eigenvalue weighted by Crippen LogP contribution is -2.49. The van der Waals surface area contributed by atoms with E-state index in [1.54, 1.807) is 0 Å². The molecule has 2 aromatic rings. The Morgan fingerprint density at radius 1 is 0.765 bits per heavy atom. The van der Waals surface area contributed by atoms with Crippen molar-refractivity contribution in [3.63, 3.8) is 0 Å². The summed E-state index contributed by atoms with van der Waals surface area (Å²) in [4.78, 5) is 37.8. The van der Waals surface area contributed by atoms with E-state index in [4.69, 9.17) is 4.74 Å². The summed E-state index contributed by atoms with van der Waals surface area (Å²) in [6, 6.07) is 19.0. The molecule has 182 valence electrons. The molecule has 1 fully saturated rings. The van der Waals surface area contributed by atoms with Crippen LogP contribution in [0.2, 0.25) is 0 Å². The number of ether oxygens (including phenoxy) is 1. The Bertz CT molecular complexity index is 933. The lowest BCUT2D eigenvalue weighted by molar-refractivity contribution is -0.129. The number of amides is 3. The van der Waals surface area contributed by atoms with Crippen LogP contribution in [-0.4, -0.2) is 49.1 Å².